The van der Waals surface area contributed by atoms with E-state index in [1.54, 1.807) is 20.4 Å². The van der Waals surface area contributed by atoms with Gasteiger partial charge in [0.2, 0.25) is 5.13 Å². The summed E-state index contributed by atoms with van der Waals surface area (Å²) in [5.74, 6) is 2.77. The molecule has 0 radical (unpaired) electrons. The highest BCUT2D eigenvalue weighted by atomic mass is 32.1. The van der Waals surface area contributed by atoms with Crippen LogP contribution in [-0.4, -0.2) is 32.0 Å². The number of nitrogens with one attached hydrogen (secondary N) is 1. The van der Waals surface area contributed by atoms with E-state index in [-0.39, 0.29) is 0 Å². The van der Waals surface area contributed by atoms with Crippen molar-refractivity contribution in [2.24, 2.45) is 11.0 Å². The maximum Gasteiger partial charge on any atom is 0.203 e. The second-order valence-corrected chi connectivity index (χ2v) is 7.61. The average Bonchev–Trinajstić information content (AvgIpc) is 3.20. The molecule has 0 unspecified atom stereocenters. The summed E-state index contributed by atoms with van der Waals surface area (Å²) >= 11 is 1.48. The minimum Gasteiger partial charge on any atom is -0.497 e. The van der Waals surface area contributed by atoms with E-state index in [1.165, 1.54) is 11.3 Å². The number of nitrogens with zero attached hydrogens (tertiary/aromatic N) is 2. The van der Waals surface area contributed by atoms with Crippen molar-refractivity contribution in [1.82, 2.24) is 4.98 Å². The molecule has 1 aromatic heterocycles. The molecule has 1 N–H and O–H groups in total. The normalized spacial score (nSPS) is 11.1. The van der Waals surface area contributed by atoms with Gasteiger partial charge in [-0.15, -0.1) is 11.3 Å². The monoisotopic (exact) mass is 411 g/mol. The number of hydrazone groups is 1. The summed E-state index contributed by atoms with van der Waals surface area (Å²) in [7, 11) is 3.26. The molecule has 0 atom stereocenters. The predicted octanol–water partition coefficient (Wildman–Crippen LogP) is 5.31. The minimum absolute atomic E-state index is 0.484. The molecule has 0 saturated carbocycles. The van der Waals surface area contributed by atoms with Crippen LogP contribution in [0.5, 0.6) is 17.2 Å². The summed E-state index contributed by atoms with van der Waals surface area (Å²) in [4.78, 5) is 4.59. The van der Waals surface area contributed by atoms with Crippen LogP contribution in [0.25, 0.3) is 11.3 Å². The van der Waals surface area contributed by atoms with Gasteiger partial charge in [0, 0.05) is 17.0 Å². The number of hydrogen-bond donors (Lipinski definition) is 1. The summed E-state index contributed by atoms with van der Waals surface area (Å²) < 4.78 is 16.5. The number of hydrogen-bond acceptors (Lipinski definition) is 7. The van der Waals surface area contributed by atoms with Crippen molar-refractivity contribution >= 4 is 22.7 Å². The van der Waals surface area contributed by atoms with Gasteiger partial charge in [0.25, 0.3) is 0 Å². The molecule has 0 fully saturated rings. The van der Waals surface area contributed by atoms with Gasteiger partial charge >= 0.3 is 0 Å². The van der Waals surface area contributed by atoms with Crippen LogP contribution in [0.2, 0.25) is 0 Å². The number of ether oxygens (including phenoxy) is 3. The predicted molar refractivity (Wildman–Crippen MR) is 119 cm³/mol. The van der Waals surface area contributed by atoms with E-state index < -0.39 is 0 Å². The molecule has 0 aliphatic carbocycles. The zero-order valence-corrected chi connectivity index (χ0v) is 17.8. The van der Waals surface area contributed by atoms with Gasteiger partial charge in [-0.3, -0.25) is 5.43 Å². The van der Waals surface area contributed by atoms with Crippen LogP contribution in [0.1, 0.15) is 19.4 Å². The molecule has 3 aromatic rings. The van der Waals surface area contributed by atoms with Crippen molar-refractivity contribution < 1.29 is 14.2 Å². The molecule has 0 amide bonds. The van der Waals surface area contributed by atoms with Crippen LogP contribution in [0.4, 0.5) is 5.13 Å². The molecule has 6 nitrogen and oxygen atoms in total. The van der Waals surface area contributed by atoms with Crippen LogP contribution < -0.4 is 19.6 Å². The zero-order chi connectivity index (χ0) is 20.6. The first-order valence-electron chi connectivity index (χ1n) is 9.29. The Bertz CT molecular complexity index is 969. The second kappa shape index (κ2) is 9.93. The maximum absolute atomic E-state index is 5.75. The van der Waals surface area contributed by atoms with E-state index in [9.17, 15) is 0 Å². The maximum atomic E-state index is 5.75. The third-order valence-corrected chi connectivity index (χ3v) is 4.75. The fraction of sp³-hybridized carbons (Fsp3) is 0.273. The summed E-state index contributed by atoms with van der Waals surface area (Å²) in [6.07, 6.45) is 1.75. The molecular weight excluding hydrogens is 386 g/mol. The second-order valence-electron chi connectivity index (χ2n) is 6.75. The Kier molecular flexibility index (Phi) is 7.08. The lowest BCUT2D eigenvalue weighted by molar-refractivity contribution is 0.271. The van der Waals surface area contributed by atoms with Crippen molar-refractivity contribution in [2.45, 2.75) is 13.8 Å². The highest BCUT2D eigenvalue weighted by Gasteiger charge is 2.11. The average molecular weight is 412 g/mol. The summed E-state index contributed by atoms with van der Waals surface area (Å²) in [6, 6.07) is 13.5. The van der Waals surface area contributed by atoms with Crippen molar-refractivity contribution in [1.29, 1.82) is 0 Å². The van der Waals surface area contributed by atoms with Crippen LogP contribution in [0.15, 0.2) is 52.9 Å². The fourth-order valence-electron chi connectivity index (χ4n) is 2.57. The van der Waals surface area contributed by atoms with Gasteiger partial charge in [0.05, 0.1) is 32.7 Å². The van der Waals surface area contributed by atoms with Crippen molar-refractivity contribution in [2.75, 3.05) is 26.3 Å². The molecule has 0 saturated heterocycles. The Labute approximate surface area is 175 Å². The molecular formula is C22H25N3O3S. The molecule has 0 spiro atoms. The first-order chi connectivity index (χ1) is 14.1. The molecule has 2 aromatic carbocycles. The van der Waals surface area contributed by atoms with Crippen LogP contribution in [0, 0.1) is 5.92 Å². The number of thiazole rings is 1. The molecule has 0 bridgehead atoms. The smallest absolute Gasteiger partial charge is 0.203 e. The van der Waals surface area contributed by atoms with Gasteiger partial charge in [-0.1, -0.05) is 26.0 Å². The first-order valence-corrected chi connectivity index (χ1v) is 10.2. The SMILES string of the molecule is COc1ccc(-c2csc(N/N=C\c3cccc(OCC(C)C)c3)n2)c(OC)c1. The summed E-state index contributed by atoms with van der Waals surface area (Å²) in [5.41, 5.74) is 5.65. The molecule has 7 heteroatoms. The van der Waals surface area contributed by atoms with Gasteiger partial charge in [0.1, 0.15) is 17.2 Å². The molecule has 29 heavy (non-hydrogen) atoms. The lowest BCUT2D eigenvalue weighted by Crippen LogP contribution is -2.04. The Morgan fingerprint density at radius 1 is 1.10 bits per heavy atom. The van der Waals surface area contributed by atoms with Gasteiger partial charge in [-0.2, -0.15) is 5.10 Å². The zero-order valence-electron chi connectivity index (χ0n) is 17.0. The van der Waals surface area contributed by atoms with Gasteiger partial charge in [-0.25, -0.2) is 4.98 Å². The fourth-order valence-corrected chi connectivity index (χ4v) is 3.23. The Balaban J connectivity index is 1.66. The van der Waals surface area contributed by atoms with E-state index >= 15 is 0 Å². The molecule has 3 rings (SSSR count). The third-order valence-electron chi connectivity index (χ3n) is 4.00. The van der Waals surface area contributed by atoms with Crippen molar-refractivity contribution in [3.05, 3.63) is 53.4 Å². The molecule has 0 aliphatic rings. The van der Waals surface area contributed by atoms with E-state index in [1.807, 2.05) is 47.8 Å². The molecule has 1 heterocycles. The van der Waals surface area contributed by atoms with Crippen LogP contribution in [-0.2, 0) is 0 Å². The lowest BCUT2D eigenvalue weighted by atomic mass is 10.1. The largest absolute Gasteiger partial charge is 0.497 e. The molecule has 152 valence electrons. The highest BCUT2D eigenvalue weighted by molar-refractivity contribution is 7.14. The van der Waals surface area contributed by atoms with E-state index in [0.717, 1.165) is 28.3 Å². The van der Waals surface area contributed by atoms with E-state index in [0.29, 0.717) is 23.4 Å². The molecule has 0 aliphatic heterocycles. The van der Waals surface area contributed by atoms with E-state index in [2.05, 4.69) is 29.4 Å². The van der Waals surface area contributed by atoms with Gasteiger partial charge in [0.15, 0.2) is 0 Å². The first kappa shape index (κ1) is 20.7. The summed E-state index contributed by atoms with van der Waals surface area (Å²) in [5, 5.41) is 6.95. The van der Waals surface area contributed by atoms with Gasteiger partial charge < -0.3 is 14.2 Å². The van der Waals surface area contributed by atoms with Crippen LogP contribution in [0.3, 0.4) is 0 Å². The van der Waals surface area contributed by atoms with Crippen molar-refractivity contribution in [3.63, 3.8) is 0 Å². The number of aromatic nitrogens is 1. The number of benzene rings is 2. The topological polar surface area (TPSA) is 65.0 Å². The third kappa shape index (κ3) is 5.71. The Morgan fingerprint density at radius 2 is 1.97 bits per heavy atom. The highest BCUT2D eigenvalue weighted by Crippen LogP contribution is 2.34. The van der Waals surface area contributed by atoms with E-state index in [4.69, 9.17) is 14.2 Å². The lowest BCUT2D eigenvalue weighted by Gasteiger charge is -2.08. The standard InChI is InChI=1S/C22H25N3O3S/c1-15(2)13-28-18-7-5-6-16(10-18)12-23-25-22-24-20(14-29-22)19-9-8-17(26-3)11-21(19)27-4/h5-12,14-15H,13H2,1-4H3,(H,24,25)/b23-12-. The van der Waals surface area contributed by atoms with Crippen LogP contribution >= 0.6 is 11.3 Å². The number of rotatable bonds is 9. The van der Waals surface area contributed by atoms with Gasteiger partial charge in [-0.05, 0) is 35.7 Å². The van der Waals surface area contributed by atoms with Crippen molar-refractivity contribution in [3.8, 4) is 28.5 Å². The number of anilines is 1. The Hall–Kier alpha value is -3.06. The quantitative estimate of drug-likeness (QED) is 0.382. The Morgan fingerprint density at radius 3 is 2.72 bits per heavy atom. The number of methoxy groups -OCH3 is 2. The minimum atomic E-state index is 0.484. The summed E-state index contributed by atoms with van der Waals surface area (Å²) in [6.45, 7) is 4.94.